The van der Waals surface area contributed by atoms with Crippen molar-refractivity contribution >= 4 is 11.3 Å². The normalized spacial score (nSPS) is 14.6. The summed E-state index contributed by atoms with van der Waals surface area (Å²) in [6.45, 7) is 0. The van der Waals surface area contributed by atoms with E-state index in [1.165, 1.54) is 31.4 Å². The van der Waals surface area contributed by atoms with Gasteiger partial charge in [0.15, 0.2) is 5.82 Å². The molecule has 5 nitrogen and oxygen atoms in total. The fourth-order valence-electron chi connectivity index (χ4n) is 4.20. The van der Waals surface area contributed by atoms with Crippen molar-refractivity contribution in [3.05, 3.63) is 72.7 Å². The number of nitrogen functional groups attached to an aromatic ring is 1. The lowest BCUT2D eigenvalue weighted by Gasteiger charge is -2.09. The maximum absolute atomic E-state index is 6.22. The number of hydrogen-bond donors (Lipinski definition) is 1. The van der Waals surface area contributed by atoms with Gasteiger partial charge in [0.05, 0.1) is 5.52 Å². The van der Waals surface area contributed by atoms with Crippen molar-refractivity contribution in [1.29, 1.82) is 0 Å². The molecular weight excluding hydrogens is 348 g/mol. The molecule has 1 aliphatic carbocycles. The molecule has 140 valence electrons. The quantitative estimate of drug-likeness (QED) is 0.520. The van der Waals surface area contributed by atoms with Gasteiger partial charge in [-0.3, -0.25) is 4.40 Å². The van der Waals surface area contributed by atoms with Crippen LogP contribution in [0.1, 0.15) is 37.3 Å². The van der Waals surface area contributed by atoms with Crippen LogP contribution in [0.2, 0.25) is 0 Å². The average molecular weight is 370 g/mol. The van der Waals surface area contributed by atoms with E-state index < -0.39 is 0 Å². The fraction of sp³-hybridized carbons (Fsp3) is 0.217. The Labute approximate surface area is 163 Å². The van der Waals surface area contributed by atoms with Gasteiger partial charge >= 0.3 is 0 Å². The van der Waals surface area contributed by atoms with E-state index in [9.17, 15) is 0 Å². The lowest BCUT2D eigenvalue weighted by atomic mass is 10.0. The van der Waals surface area contributed by atoms with Crippen molar-refractivity contribution in [2.75, 3.05) is 5.73 Å². The van der Waals surface area contributed by atoms with Gasteiger partial charge in [-0.1, -0.05) is 43.2 Å². The van der Waals surface area contributed by atoms with Crippen LogP contribution in [0.25, 0.3) is 16.6 Å². The van der Waals surface area contributed by atoms with Crippen LogP contribution < -0.4 is 10.5 Å². The summed E-state index contributed by atoms with van der Waals surface area (Å²) < 4.78 is 8.04. The van der Waals surface area contributed by atoms with Crippen molar-refractivity contribution in [1.82, 2.24) is 14.6 Å². The third-order valence-electron chi connectivity index (χ3n) is 5.56. The predicted molar refractivity (Wildman–Crippen MR) is 111 cm³/mol. The van der Waals surface area contributed by atoms with Gasteiger partial charge in [-0.05, 0) is 54.7 Å². The van der Waals surface area contributed by atoms with E-state index in [2.05, 4.69) is 32.8 Å². The Balaban J connectivity index is 1.53. The highest BCUT2D eigenvalue weighted by Gasteiger charge is 2.23. The first-order chi connectivity index (χ1) is 13.8. The molecule has 0 amide bonds. The lowest BCUT2D eigenvalue weighted by Crippen LogP contribution is -2.03. The summed E-state index contributed by atoms with van der Waals surface area (Å²) in [6, 6.07) is 20.2. The van der Waals surface area contributed by atoms with Gasteiger partial charge < -0.3 is 10.5 Å². The summed E-state index contributed by atoms with van der Waals surface area (Å²) in [7, 11) is 0. The van der Waals surface area contributed by atoms with E-state index in [-0.39, 0.29) is 0 Å². The first kappa shape index (κ1) is 16.8. The zero-order valence-electron chi connectivity index (χ0n) is 15.6. The highest BCUT2D eigenvalue weighted by molar-refractivity contribution is 5.88. The van der Waals surface area contributed by atoms with Gasteiger partial charge in [0.1, 0.15) is 17.8 Å². The molecule has 2 aromatic heterocycles. The van der Waals surface area contributed by atoms with Crippen LogP contribution in [-0.4, -0.2) is 14.6 Å². The fourth-order valence-corrected chi connectivity index (χ4v) is 4.20. The second kappa shape index (κ2) is 7.00. The van der Waals surface area contributed by atoms with Crippen molar-refractivity contribution in [2.45, 2.75) is 31.6 Å². The molecule has 4 aromatic rings. The Hall–Kier alpha value is -3.34. The molecule has 5 rings (SSSR count). The average Bonchev–Trinajstić information content (AvgIpc) is 3.38. The zero-order chi connectivity index (χ0) is 18.9. The molecule has 1 saturated carbocycles. The highest BCUT2D eigenvalue weighted by Crippen LogP contribution is 2.40. The lowest BCUT2D eigenvalue weighted by molar-refractivity contribution is 0.483. The first-order valence-electron chi connectivity index (χ1n) is 9.75. The molecule has 0 saturated heterocycles. The molecular formula is C23H22N4O. The maximum Gasteiger partial charge on any atom is 0.171 e. The molecule has 0 aliphatic heterocycles. The highest BCUT2D eigenvalue weighted by atomic mass is 16.5. The third-order valence-corrected chi connectivity index (χ3v) is 5.56. The Morgan fingerprint density at radius 3 is 2.39 bits per heavy atom. The number of nitrogens with two attached hydrogens (primary N) is 1. The van der Waals surface area contributed by atoms with Crippen LogP contribution in [0.15, 0.2) is 67.0 Å². The van der Waals surface area contributed by atoms with E-state index in [0.29, 0.717) is 11.7 Å². The summed E-state index contributed by atoms with van der Waals surface area (Å²) in [6.07, 6.45) is 6.80. The number of hydrogen-bond acceptors (Lipinski definition) is 4. The standard InChI is InChI=1S/C23H22N4O/c24-23-22-20(14-21(17-6-4-5-7-17)27(22)15-25-26-23)16-10-12-19(13-11-16)28-18-8-2-1-3-9-18/h1-3,8-15,17H,4-7H2,(H2,24,26). The third kappa shape index (κ3) is 2.99. The molecule has 0 unspecified atom stereocenters. The Morgan fingerprint density at radius 2 is 1.64 bits per heavy atom. The Bertz CT molecular complexity index is 1100. The predicted octanol–water partition coefficient (Wildman–Crippen LogP) is 5.43. The van der Waals surface area contributed by atoms with E-state index >= 15 is 0 Å². The zero-order valence-corrected chi connectivity index (χ0v) is 15.6. The minimum absolute atomic E-state index is 0.464. The number of aromatic nitrogens is 3. The number of para-hydroxylation sites is 1. The maximum atomic E-state index is 6.22. The van der Waals surface area contributed by atoms with Gasteiger partial charge in [-0.25, -0.2) is 0 Å². The van der Waals surface area contributed by atoms with Crippen LogP contribution in [0.5, 0.6) is 11.5 Å². The number of benzene rings is 2. The van der Waals surface area contributed by atoms with Crippen molar-refractivity contribution in [3.63, 3.8) is 0 Å². The summed E-state index contributed by atoms with van der Waals surface area (Å²) >= 11 is 0. The van der Waals surface area contributed by atoms with Crippen LogP contribution >= 0.6 is 0 Å². The number of fused-ring (bicyclic) bond motifs is 1. The van der Waals surface area contributed by atoms with E-state index in [4.69, 9.17) is 10.5 Å². The van der Waals surface area contributed by atoms with Gasteiger partial charge in [0.25, 0.3) is 0 Å². The van der Waals surface area contributed by atoms with Crippen LogP contribution in [-0.2, 0) is 0 Å². The van der Waals surface area contributed by atoms with Crippen LogP contribution in [0.3, 0.4) is 0 Å². The number of ether oxygens (including phenoxy) is 1. The van der Waals surface area contributed by atoms with Crippen molar-refractivity contribution < 1.29 is 4.74 Å². The second-order valence-electron chi connectivity index (χ2n) is 7.34. The molecule has 1 fully saturated rings. The van der Waals surface area contributed by atoms with Crippen molar-refractivity contribution in [2.24, 2.45) is 0 Å². The summed E-state index contributed by atoms with van der Waals surface area (Å²) in [4.78, 5) is 0. The minimum atomic E-state index is 0.464. The monoisotopic (exact) mass is 370 g/mol. The van der Waals surface area contributed by atoms with E-state index in [1.54, 1.807) is 6.33 Å². The molecule has 1 aliphatic rings. The molecule has 0 atom stereocenters. The summed E-state index contributed by atoms with van der Waals surface area (Å²) in [5.41, 5.74) is 10.6. The molecule has 28 heavy (non-hydrogen) atoms. The SMILES string of the molecule is Nc1nncn2c(C3CCCC3)cc(-c3ccc(Oc4ccccc4)cc3)c12. The topological polar surface area (TPSA) is 65.4 Å². The molecule has 2 heterocycles. The molecule has 0 spiro atoms. The van der Waals surface area contributed by atoms with Gasteiger partial charge in [-0.2, -0.15) is 0 Å². The van der Waals surface area contributed by atoms with Crippen LogP contribution in [0.4, 0.5) is 5.82 Å². The largest absolute Gasteiger partial charge is 0.457 e. The summed E-state index contributed by atoms with van der Waals surface area (Å²) in [5, 5.41) is 8.17. The van der Waals surface area contributed by atoms with Crippen molar-refractivity contribution in [3.8, 4) is 22.6 Å². The number of rotatable bonds is 4. The van der Waals surface area contributed by atoms with Gasteiger partial charge in [0, 0.05) is 11.3 Å². The minimum Gasteiger partial charge on any atom is -0.457 e. The van der Waals surface area contributed by atoms with Crippen LogP contribution in [0, 0.1) is 0 Å². The molecule has 2 aromatic carbocycles. The second-order valence-corrected chi connectivity index (χ2v) is 7.34. The van der Waals surface area contributed by atoms with E-state index in [1.807, 2.05) is 42.5 Å². The first-order valence-corrected chi connectivity index (χ1v) is 9.75. The Kier molecular flexibility index (Phi) is 4.20. The van der Waals surface area contributed by atoms with Gasteiger partial charge in [-0.15, -0.1) is 10.2 Å². The molecule has 0 bridgehead atoms. The summed E-state index contributed by atoms with van der Waals surface area (Å²) in [5.74, 6) is 2.66. The molecule has 0 radical (unpaired) electrons. The molecule has 5 heteroatoms. The Morgan fingerprint density at radius 1 is 0.929 bits per heavy atom. The smallest absolute Gasteiger partial charge is 0.171 e. The number of anilines is 1. The number of nitrogens with zero attached hydrogens (tertiary/aromatic N) is 3. The van der Waals surface area contributed by atoms with Gasteiger partial charge in [0.2, 0.25) is 0 Å². The van der Waals surface area contributed by atoms with E-state index in [0.717, 1.165) is 28.1 Å². The molecule has 2 N–H and O–H groups in total.